The summed E-state index contributed by atoms with van der Waals surface area (Å²) in [5.74, 6) is -0.667. The molecule has 0 radical (unpaired) electrons. The molecule has 1 aliphatic carbocycles. The van der Waals surface area contributed by atoms with Crippen LogP contribution in [-0.4, -0.2) is 120 Å². The molecule has 0 spiro atoms. The van der Waals surface area contributed by atoms with Crippen LogP contribution in [0.15, 0.2) is 59.8 Å². The molecule has 23 heteroatoms. The Balaban J connectivity index is 0.00000214. The molecule has 3 aliphatic rings. The number of halogens is 4. The Morgan fingerprint density at radius 2 is 1.71 bits per heavy atom. The highest BCUT2D eigenvalue weighted by Gasteiger charge is 2.42. The second kappa shape index (κ2) is 20.7. The smallest absolute Gasteiger partial charge is 0.387 e. The van der Waals surface area contributed by atoms with Crippen molar-refractivity contribution >= 4 is 73.1 Å². The number of benzene rings is 2. The summed E-state index contributed by atoms with van der Waals surface area (Å²) >= 11 is 13.8. The molecule has 2 saturated heterocycles. The van der Waals surface area contributed by atoms with E-state index in [0.717, 1.165) is 47.6 Å². The van der Waals surface area contributed by atoms with Gasteiger partial charge in [-0.1, -0.05) is 29.3 Å². The predicted octanol–water partition coefficient (Wildman–Crippen LogP) is 4.41. The highest BCUT2D eigenvalue weighted by Crippen LogP contribution is 2.39. The summed E-state index contributed by atoms with van der Waals surface area (Å²) in [5, 5.41) is 17.5. The number of esters is 1. The van der Waals surface area contributed by atoms with Crippen molar-refractivity contribution in [2.75, 3.05) is 68.9 Å². The van der Waals surface area contributed by atoms with E-state index in [1.54, 1.807) is 0 Å². The molecule has 1 aromatic heterocycles. The van der Waals surface area contributed by atoms with Crippen molar-refractivity contribution in [2.45, 2.75) is 42.2 Å². The number of rotatable bonds is 17. The standard InChI is InChI=1S/C35H40Cl2F2N4O10S3.CH2O2/c1-55(46,47)42(11-10-40-12-15-50-16-13-40)25-5-7-26(8-6-25)56(48,49)43-14-17-54-33(43)34(44)52-31(19-27-28(36)20-41(45)21-29(27)37)24-4-9-30(53-35(38)39)32(18-24)51-22-23-2-3-23;2-1-3/h4-9,18,20-21,23,31,33,35H,2-3,10-17,19,22H2,1H3;1H,(H,2,3)/t31-,33?;/m0./s1. The van der Waals surface area contributed by atoms with Crippen LogP contribution in [0.5, 0.6) is 11.5 Å². The van der Waals surface area contributed by atoms with Crippen LogP contribution >= 0.6 is 35.0 Å². The third-order valence-electron chi connectivity index (χ3n) is 9.34. The fourth-order valence-corrected chi connectivity index (χ4v) is 10.8. The number of anilines is 1. The number of morpholine rings is 1. The monoisotopic (exact) mass is 926 g/mol. The second-order valence-electron chi connectivity index (χ2n) is 13.5. The zero-order valence-electron chi connectivity index (χ0n) is 31.5. The molecule has 3 heterocycles. The fourth-order valence-electron chi connectivity index (χ4n) is 6.21. The maximum atomic E-state index is 14.0. The number of carboxylic acid groups (broad SMARTS) is 1. The number of thioether (sulfide) groups is 1. The zero-order valence-corrected chi connectivity index (χ0v) is 35.5. The van der Waals surface area contributed by atoms with E-state index in [9.17, 15) is 35.6 Å². The average Bonchev–Trinajstić information content (AvgIpc) is 3.87. The van der Waals surface area contributed by atoms with Crippen LogP contribution in [0, 0.1) is 11.1 Å². The average molecular weight is 928 g/mol. The molecule has 2 aromatic carbocycles. The van der Waals surface area contributed by atoms with Crippen molar-refractivity contribution in [3.8, 4) is 11.5 Å². The molecule has 2 atom stereocenters. The van der Waals surface area contributed by atoms with Crippen LogP contribution in [0.4, 0.5) is 14.5 Å². The zero-order chi connectivity index (χ0) is 42.9. The number of nitrogens with zero attached hydrogens (tertiary/aromatic N) is 4. The van der Waals surface area contributed by atoms with E-state index in [4.69, 9.17) is 47.3 Å². The molecular weight excluding hydrogens is 886 g/mol. The van der Waals surface area contributed by atoms with Crippen molar-refractivity contribution in [1.82, 2.24) is 9.21 Å². The first kappa shape index (κ1) is 46.4. The summed E-state index contributed by atoms with van der Waals surface area (Å²) in [6.07, 6.45) is 3.66. The van der Waals surface area contributed by atoms with Crippen molar-refractivity contribution in [3.63, 3.8) is 0 Å². The highest BCUT2D eigenvalue weighted by atomic mass is 35.5. The molecular formula is C36H42Cl2F2N4O12S3. The van der Waals surface area contributed by atoms with Crippen molar-refractivity contribution < 1.29 is 64.0 Å². The molecule has 3 aromatic rings. The number of ether oxygens (including phenoxy) is 4. The van der Waals surface area contributed by atoms with E-state index in [0.29, 0.717) is 37.6 Å². The summed E-state index contributed by atoms with van der Waals surface area (Å²) < 4.78 is 105. The van der Waals surface area contributed by atoms with E-state index in [1.165, 1.54) is 46.8 Å². The maximum Gasteiger partial charge on any atom is 0.387 e. The fraction of sp³-hybridized carbons (Fsp3) is 0.472. The first-order valence-electron chi connectivity index (χ1n) is 18.1. The van der Waals surface area contributed by atoms with Gasteiger partial charge in [0, 0.05) is 50.5 Å². The Hall–Kier alpha value is -3.70. The first-order chi connectivity index (χ1) is 28.0. The number of carbonyl (C=O) groups is 2. The van der Waals surface area contributed by atoms with E-state index < -0.39 is 44.1 Å². The van der Waals surface area contributed by atoms with Gasteiger partial charge in [-0.05, 0) is 60.7 Å². The van der Waals surface area contributed by atoms with Crippen LogP contribution in [-0.2, 0) is 45.5 Å². The van der Waals surface area contributed by atoms with Gasteiger partial charge in [0.2, 0.25) is 20.0 Å². The van der Waals surface area contributed by atoms with Crippen LogP contribution in [0.2, 0.25) is 10.0 Å². The van der Waals surface area contributed by atoms with Gasteiger partial charge in [-0.25, -0.2) is 21.6 Å². The van der Waals surface area contributed by atoms with Gasteiger partial charge in [0.1, 0.15) is 16.1 Å². The molecule has 16 nitrogen and oxygen atoms in total. The van der Waals surface area contributed by atoms with Crippen LogP contribution in [0.1, 0.15) is 30.1 Å². The molecule has 6 rings (SSSR count). The molecule has 3 fully saturated rings. The summed E-state index contributed by atoms with van der Waals surface area (Å²) in [5.41, 5.74) is 0.789. The molecule has 1 N–H and O–H groups in total. The Kier molecular flexibility index (Phi) is 16.3. The summed E-state index contributed by atoms with van der Waals surface area (Å²) in [6.45, 7) is -0.132. The van der Waals surface area contributed by atoms with Gasteiger partial charge in [-0.2, -0.15) is 17.8 Å². The van der Waals surface area contributed by atoms with Crippen molar-refractivity contribution in [1.29, 1.82) is 0 Å². The lowest BCUT2D eigenvalue weighted by atomic mass is 10.0. The number of carbonyl (C=O) groups excluding carboxylic acids is 1. The maximum absolute atomic E-state index is 14.0. The van der Waals surface area contributed by atoms with Crippen LogP contribution in [0.3, 0.4) is 0 Å². The van der Waals surface area contributed by atoms with Gasteiger partial charge in [0.15, 0.2) is 29.3 Å². The predicted molar refractivity (Wildman–Crippen MR) is 214 cm³/mol. The van der Waals surface area contributed by atoms with Crippen molar-refractivity contribution in [3.05, 3.63) is 81.2 Å². The van der Waals surface area contributed by atoms with E-state index in [2.05, 4.69) is 9.64 Å². The number of aromatic nitrogens is 1. The molecule has 2 aliphatic heterocycles. The largest absolute Gasteiger partial charge is 0.619 e. The molecule has 59 heavy (non-hydrogen) atoms. The minimum absolute atomic E-state index is 0.0168. The van der Waals surface area contributed by atoms with Crippen LogP contribution in [0.25, 0.3) is 0 Å². The Morgan fingerprint density at radius 1 is 1.07 bits per heavy atom. The van der Waals surface area contributed by atoms with Gasteiger partial charge in [-0.3, -0.25) is 14.0 Å². The van der Waals surface area contributed by atoms with E-state index >= 15 is 0 Å². The SMILES string of the molecule is CS(=O)(=O)N(CCN1CCOCC1)c1ccc(S(=O)(=O)N2CCSC2C(=O)O[C@@H](Cc2c(Cl)c[n+]([O-])cc2Cl)c2ccc(OC(F)F)c(OCC3CC3)c2)cc1.O=CO. The third kappa shape index (κ3) is 12.7. The van der Waals surface area contributed by atoms with E-state index in [-0.39, 0.29) is 87.5 Å². The van der Waals surface area contributed by atoms with Gasteiger partial charge in [0.25, 0.3) is 6.47 Å². The van der Waals surface area contributed by atoms with Crippen molar-refractivity contribution in [2.24, 2.45) is 5.92 Å². The molecule has 0 bridgehead atoms. The molecule has 0 amide bonds. The number of sulfonamides is 2. The normalized spacial score (nSPS) is 18.1. The van der Waals surface area contributed by atoms with Gasteiger partial charge < -0.3 is 29.3 Å². The summed E-state index contributed by atoms with van der Waals surface area (Å²) in [6, 6.07) is 9.44. The number of alkyl halides is 2. The van der Waals surface area contributed by atoms with Crippen LogP contribution < -0.4 is 18.5 Å². The summed E-state index contributed by atoms with van der Waals surface area (Å²) in [4.78, 5) is 24.3. The molecule has 1 saturated carbocycles. The minimum Gasteiger partial charge on any atom is -0.619 e. The Bertz CT molecular complexity index is 2130. The lowest BCUT2D eigenvalue weighted by Gasteiger charge is -2.30. The number of hydrogen-bond acceptors (Lipinski definition) is 13. The number of pyridine rings is 1. The topological polar surface area (TPSA) is 196 Å². The van der Waals surface area contributed by atoms with Gasteiger partial charge in [0.05, 0.1) is 36.7 Å². The minimum atomic E-state index is -4.32. The van der Waals surface area contributed by atoms with Gasteiger partial charge >= 0.3 is 12.6 Å². The Labute approximate surface area is 354 Å². The highest BCUT2D eigenvalue weighted by molar-refractivity contribution is 8.02. The lowest BCUT2D eigenvalue weighted by Crippen LogP contribution is -2.43. The molecule has 1 unspecified atom stereocenters. The molecule has 324 valence electrons. The van der Waals surface area contributed by atoms with Gasteiger partial charge in [-0.15, -0.1) is 11.8 Å². The lowest BCUT2D eigenvalue weighted by molar-refractivity contribution is -0.605. The summed E-state index contributed by atoms with van der Waals surface area (Å²) in [7, 11) is -8.03. The second-order valence-corrected chi connectivity index (χ2v) is 19.3. The van der Waals surface area contributed by atoms with E-state index in [1.807, 2.05) is 0 Å². The third-order valence-corrected chi connectivity index (χ3v) is 14.4. The first-order valence-corrected chi connectivity index (χ1v) is 23.2. The number of hydrogen-bond donors (Lipinski definition) is 1. The quantitative estimate of drug-likeness (QED) is 0.0866. The Morgan fingerprint density at radius 3 is 2.31 bits per heavy atom.